The molecule has 0 atom stereocenters. The van der Waals surface area contributed by atoms with Gasteiger partial charge in [0.2, 0.25) is 11.7 Å². The lowest BCUT2D eigenvalue weighted by atomic mass is 10.3. The third-order valence-corrected chi connectivity index (χ3v) is 2.82. The lowest BCUT2D eigenvalue weighted by molar-refractivity contribution is -0.130. The van der Waals surface area contributed by atoms with Crippen molar-refractivity contribution in [2.75, 3.05) is 27.2 Å². The van der Waals surface area contributed by atoms with Crippen molar-refractivity contribution >= 4 is 12.0 Å². The molecule has 0 bridgehead atoms. The quantitative estimate of drug-likeness (QED) is 0.690. The number of likely N-dealkylation sites (N-methyl/N-ethyl adjacent to an activating group) is 1. The van der Waals surface area contributed by atoms with Crippen LogP contribution in [0.1, 0.15) is 6.42 Å². The number of ether oxygens (including phenoxy) is 1. The Kier molecular flexibility index (Phi) is 6.29. The fourth-order valence-corrected chi connectivity index (χ4v) is 1.53. The molecule has 0 spiro atoms. The van der Waals surface area contributed by atoms with Gasteiger partial charge in [-0.3, -0.25) is 19.1 Å². The molecule has 1 aromatic heterocycles. The zero-order valence-corrected chi connectivity index (χ0v) is 12.2. The van der Waals surface area contributed by atoms with Crippen molar-refractivity contribution < 1.29 is 18.7 Å². The van der Waals surface area contributed by atoms with E-state index >= 15 is 0 Å². The number of H-pyrrole nitrogens is 1. The van der Waals surface area contributed by atoms with Gasteiger partial charge >= 0.3 is 11.8 Å². The minimum Gasteiger partial charge on any atom is -0.448 e. The Morgan fingerprint density at radius 2 is 2.14 bits per heavy atom. The standard InChI is InChI=1S/C12H17FN4O5/c1-14-12(21)22-6-5-16(2)9(18)3-4-17-7-8(13)10(19)15-11(17)20/h7H,3-6H2,1-2H3,(H,14,21)(H,15,19,20). The van der Waals surface area contributed by atoms with Gasteiger partial charge < -0.3 is 15.0 Å². The van der Waals surface area contributed by atoms with Crippen LogP contribution in [-0.2, 0) is 16.1 Å². The number of halogens is 1. The van der Waals surface area contributed by atoms with Gasteiger partial charge in [0.15, 0.2) is 0 Å². The first kappa shape index (κ1) is 17.4. The predicted octanol–water partition coefficient (Wildman–Crippen LogP) is -1.12. The van der Waals surface area contributed by atoms with Gasteiger partial charge in [-0.15, -0.1) is 0 Å². The number of rotatable bonds is 6. The molecule has 0 aromatic carbocycles. The van der Waals surface area contributed by atoms with Gasteiger partial charge in [-0.05, 0) is 0 Å². The summed E-state index contributed by atoms with van der Waals surface area (Å²) in [5.41, 5.74) is -1.89. The number of aromatic nitrogens is 2. The normalized spacial score (nSPS) is 10.1. The zero-order valence-electron chi connectivity index (χ0n) is 12.2. The summed E-state index contributed by atoms with van der Waals surface area (Å²) in [5.74, 6) is -1.42. The Hall–Kier alpha value is -2.65. The molecular weight excluding hydrogens is 299 g/mol. The minimum atomic E-state index is -1.10. The SMILES string of the molecule is CNC(=O)OCCN(C)C(=O)CCn1cc(F)c(=O)[nH]c1=O. The average molecular weight is 316 g/mol. The van der Waals surface area contributed by atoms with E-state index in [1.54, 1.807) is 4.98 Å². The number of aromatic amines is 1. The Morgan fingerprint density at radius 1 is 1.45 bits per heavy atom. The van der Waals surface area contributed by atoms with Crippen LogP contribution >= 0.6 is 0 Å². The van der Waals surface area contributed by atoms with Crippen molar-refractivity contribution in [1.29, 1.82) is 0 Å². The first-order chi connectivity index (χ1) is 10.3. The van der Waals surface area contributed by atoms with Crippen LogP contribution in [0, 0.1) is 5.82 Å². The maximum atomic E-state index is 13.1. The van der Waals surface area contributed by atoms with Gasteiger partial charge in [0.1, 0.15) is 6.61 Å². The molecule has 122 valence electrons. The third-order valence-electron chi connectivity index (χ3n) is 2.82. The summed E-state index contributed by atoms with van der Waals surface area (Å²) in [6.07, 6.45) is 0.0847. The second-order valence-electron chi connectivity index (χ2n) is 4.38. The highest BCUT2D eigenvalue weighted by Gasteiger charge is 2.11. The second-order valence-corrected chi connectivity index (χ2v) is 4.38. The van der Waals surface area contributed by atoms with Crippen LogP contribution in [0.15, 0.2) is 15.8 Å². The Labute approximate surface area is 124 Å². The van der Waals surface area contributed by atoms with Crippen molar-refractivity contribution in [3.8, 4) is 0 Å². The van der Waals surface area contributed by atoms with E-state index in [9.17, 15) is 23.6 Å². The van der Waals surface area contributed by atoms with Crippen LogP contribution in [0.3, 0.4) is 0 Å². The highest BCUT2D eigenvalue weighted by atomic mass is 19.1. The van der Waals surface area contributed by atoms with E-state index in [0.29, 0.717) is 0 Å². The summed E-state index contributed by atoms with van der Waals surface area (Å²) < 4.78 is 18.7. The molecule has 0 unspecified atom stereocenters. The molecule has 0 aliphatic carbocycles. The van der Waals surface area contributed by atoms with Gasteiger partial charge in [-0.25, -0.2) is 9.59 Å². The molecule has 22 heavy (non-hydrogen) atoms. The molecule has 1 rings (SSSR count). The number of hydrogen-bond acceptors (Lipinski definition) is 5. The number of carbonyl (C=O) groups is 2. The molecule has 0 saturated heterocycles. The first-order valence-corrected chi connectivity index (χ1v) is 6.43. The van der Waals surface area contributed by atoms with Gasteiger partial charge in [-0.1, -0.05) is 0 Å². The Morgan fingerprint density at radius 3 is 2.77 bits per heavy atom. The molecule has 0 radical (unpaired) electrons. The third kappa shape index (κ3) is 5.04. The fraction of sp³-hybridized carbons (Fsp3) is 0.500. The van der Waals surface area contributed by atoms with Gasteiger partial charge in [-0.2, -0.15) is 4.39 Å². The average Bonchev–Trinajstić information content (AvgIpc) is 2.48. The van der Waals surface area contributed by atoms with Crippen LogP contribution < -0.4 is 16.6 Å². The maximum absolute atomic E-state index is 13.1. The molecule has 0 aliphatic heterocycles. The van der Waals surface area contributed by atoms with E-state index in [2.05, 4.69) is 5.32 Å². The smallest absolute Gasteiger partial charge is 0.406 e. The summed E-state index contributed by atoms with van der Waals surface area (Å²) in [6, 6.07) is 0. The van der Waals surface area contributed by atoms with E-state index in [4.69, 9.17) is 4.74 Å². The lowest BCUT2D eigenvalue weighted by Crippen LogP contribution is -2.35. The Balaban J connectivity index is 2.49. The molecule has 0 fully saturated rings. The fourth-order valence-electron chi connectivity index (χ4n) is 1.53. The highest BCUT2D eigenvalue weighted by Crippen LogP contribution is 1.95. The monoisotopic (exact) mass is 316 g/mol. The second kappa shape index (κ2) is 7.96. The summed E-state index contributed by atoms with van der Waals surface area (Å²) in [4.78, 5) is 48.0. The highest BCUT2D eigenvalue weighted by molar-refractivity contribution is 5.75. The number of amides is 2. The van der Waals surface area contributed by atoms with Crippen molar-refractivity contribution in [3.63, 3.8) is 0 Å². The van der Waals surface area contributed by atoms with Crippen LogP contribution in [0.4, 0.5) is 9.18 Å². The largest absolute Gasteiger partial charge is 0.448 e. The van der Waals surface area contributed by atoms with E-state index in [0.717, 1.165) is 10.8 Å². The Bertz CT molecular complexity index is 654. The van der Waals surface area contributed by atoms with Crippen LogP contribution in [-0.4, -0.2) is 53.7 Å². The maximum Gasteiger partial charge on any atom is 0.406 e. The molecule has 2 amide bonds. The van der Waals surface area contributed by atoms with Crippen LogP contribution in [0.2, 0.25) is 0 Å². The molecule has 9 nitrogen and oxygen atoms in total. The molecule has 0 saturated carbocycles. The molecule has 10 heteroatoms. The summed E-state index contributed by atoms with van der Waals surface area (Å²) in [6.45, 7) is 0.127. The van der Waals surface area contributed by atoms with Crippen LogP contribution in [0.5, 0.6) is 0 Å². The van der Waals surface area contributed by atoms with Crippen molar-refractivity contribution in [2.24, 2.45) is 0 Å². The molecule has 1 heterocycles. The van der Waals surface area contributed by atoms with E-state index < -0.39 is 23.2 Å². The van der Waals surface area contributed by atoms with Gasteiger partial charge in [0.05, 0.1) is 12.7 Å². The van der Waals surface area contributed by atoms with Gasteiger partial charge in [0, 0.05) is 27.1 Å². The number of nitrogens with zero attached hydrogens (tertiary/aromatic N) is 2. The topological polar surface area (TPSA) is 114 Å². The summed E-state index contributed by atoms with van der Waals surface area (Å²) in [7, 11) is 2.92. The van der Waals surface area contributed by atoms with E-state index in [1.807, 2.05) is 0 Å². The minimum absolute atomic E-state index is 0.0230. The van der Waals surface area contributed by atoms with Gasteiger partial charge in [0.25, 0.3) is 5.56 Å². The lowest BCUT2D eigenvalue weighted by Gasteiger charge is -2.17. The number of hydrogen-bond donors (Lipinski definition) is 2. The molecular formula is C12H17FN4O5. The van der Waals surface area contributed by atoms with E-state index in [1.165, 1.54) is 19.0 Å². The number of alkyl carbamates (subject to hydrolysis) is 1. The predicted molar refractivity (Wildman–Crippen MR) is 73.9 cm³/mol. The van der Waals surface area contributed by atoms with Crippen molar-refractivity contribution in [2.45, 2.75) is 13.0 Å². The number of nitrogens with one attached hydrogen (secondary N) is 2. The zero-order chi connectivity index (χ0) is 16.7. The van der Waals surface area contributed by atoms with E-state index in [-0.39, 0.29) is 32.0 Å². The number of carbonyl (C=O) groups excluding carboxylic acids is 2. The summed E-state index contributed by atoms with van der Waals surface area (Å²) in [5, 5.41) is 2.26. The van der Waals surface area contributed by atoms with Crippen LogP contribution in [0.25, 0.3) is 0 Å². The molecule has 1 aromatic rings. The number of aryl methyl sites for hydroxylation is 1. The molecule has 0 aliphatic rings. The van der Waals surface area contributed by atoms with Crippen molar-refractivity contribution in [3.05, 3.63) is 32.9 Å². The summed E-state index contributed by atoms with van der Waals surface area (Å²) >= 11 is 0. The first-order valence-electron chi connectivity index (χ1n) is 6.43. The molecule has 2 N–H and O–H groups in total. The van der Waals surface area contributed by atoms with Crippen molar-refractivity contribution in [1.82, 2.24) is 19.8 Å².